The van der Waals surface area contributed by atoms with Crippen LogP contribution in [0, 0.1) is 20.8 Å². The first-order valence-corrected chi connectivity index (χ1v) is 9.03. The van der Waals surface area contributed by atoms with Crippen molar-refractivity contribution in [1.29, 1.82) is 0 Å². The summed E-state index contributed by atoms with van der Waals surface area (Å²) < 4.78 is 7.01. The summed E-state index contributed by atoms with van der Waals surface area (Å²) in [6.07, 6.45) is 4.01. The van der Waals surface area contributed by atoms with Gasteiger partial charge in [-0.25, -0.2) is 9.50 Å². The van der Waals surface area contributed by atoms with Gasteiger partial charge in [0.15, 0.2) is 5.65 Å². The Morgan fingerprint density at radius 1 is 1.27 bits per heavy atom. The molecule has 1 aliphatic rings. The molecule has 0 spiro atoms. The second kappa shape index (κ2) is 6.55. The average Bonchev–Trinajstić information content (AvgIpc) is 3.24. The number of carbonyl (C=O) groups is 1. The van der Waals surface area contributed by atoms with Gasteiger partial charge in [-0.15, -0.1) is 0 Å². The molecule has 0 aliphatic carbocycles. The van der Waals surface area contributed by atoms with E-state index < -0.39 is 0 Å². The number of aryl methyl sites for hydroxylation is 3. The van der Waals surface area contributed by atoms with E-state index in [1.807, 2.05) is 36.3 Å². The van der Waals surface area contributed by atoms with E-state index in [0.717, 1.165) is 60.0 Å². The van der Waals surface area contributed by atoms with Crippen molar-refractivity contribution in [2.45, 2.75) is 46.0 Å². The highest BCUT2D eigenvalue weighted by molar-refractivity contribution is 5.79. The summed E-state index contributed by atoms with van der Waals surface area (Å²) in [5, 5.41) is 8.21. The average molecular weight is 353 g/mol. The van der Waals surface area contributed by atoms with E-state index in [2.05, 4.69) is 16.3 Å². The van der Waals surface area contributed by atoms with Crippen molar-refractivity contribution in [2.75, 3.05) is 13.1 Å². The van der Waals surface area contributed by atoms with Crippen molar-refractivity contribution in [3.63, 3.8) is 0 Å². The van der Waals surface area contributed by atoms with Crippen LogP contribution in [0.25, 0.3) is 5.65 Å². The summed E-state index contributed by atoms with van der Waals surface area (Å²) >= 11 is 0. The van der Waals surface area contributed by atoms with Crippen LogP contribution in [-0.4, -0.2) is 43.7 Å². The number of piperidine rings is 1. The lowest BCUT2D eigenvalue weighted by Gasteiger charge is -2.32. The Morgan fingerprint density at radius 2 is 2.04 bits per heavy atom. The maximum Gasteiger partial charge on any atom is 0.227 e. The summed E-state index contributed by atoms with van der Waals surface area (Å²) in [5.41, 5.74) is 4.80. The van der Waals surface area contributed by atoms with Crippen molar-refractivity contribution < 1.29 is 9.32 Å². The van der Waals surface area contributed by atoms with Crippen LogP contribution >= 0.6 is 0 Å². The van der Waals surface area contributed by atoms with E-state index in [-0.39, 0.29) is 5.91 Å². The van der Waals surface area contributed by atoms with Crippen LogP contribution in [0.1, 0.15) is 47.2 Å². The van der Waals surface area contributed by atoms with Gasteiger partial charge in [0.05, 0.1) is 18.3 Å². The zero-order valence-electron chi connectivity index (χ0n) is 15.4. The van der Waals surface area contributed by atoms with Gasteiger partial charge in [-0.1, -0.05) is 5.16 Å². The van der Waals surface area contributed by atoms with Crippen molar-refractivity contribution in [3.05, 3.63) is 46.7 Å². The molecule has 0 unspecified atom stereocenters. The number of aromatic nitrogens is 4. The Morgan fingerprint density at radius 3 is 2.73 bits per heavy atom. The highest BCUT2D eigenvalue weighted by Gasteiger charge is 2.26. The second-order valence-corrected chi connectivity index (χ2v) is 7.06. The molecule has 136 valence electrons. The van der Waals surface area contributed by atoms with E-state index in [1.54, 1.807) is 6.20 Å². The third kappa shape index (κ3) is 2.98. The number of likely N-dealkylation sites (tertiary alicyclic amines) is 1. The number of fused-ring (bicyclic) bond motifs is 1. The number of amides is 1. The van der Waals surface area contributed by atoms with E-state index in [0.29, 0.717) is 12.3 Å². The minimum absolute atomic E-state index is 0.147. The Labute approximate surface area is 152 Å². The smallest absolute Gasteiger partial charge is 0.227 e. The van der Waals surface area contributed by atoms with E-state index in [9.17, 15) is 4.79 Å². The first-order valence-electron chi connectivity index (χ1n) is 9.03. The molecule has 1 amide bonds. The third-order valence-corrected chi connectivity index (χ3v) is 5.33. The molecule has 0 aromatic carbocycles. The Hall–Kier alpha value is -2.70. The molecule has 4 heterocycles. The van der Waals surface area contributed by atoms with Crippen molar-refractivity contribution in [2.24, 2.45) is 0 Å². The van der Waals surface area contributed by atoms with E-state index >= 15 is 0 Å². The first kappa shape index (κ1) is 16.8. The third-order valence-electron chi connectivity index (χ3n) is 5.33. The van der Waals surface area contributed by atoms with Crippen molar-refractivity contribution in [3.8, 4) is 0 Å². The van der Waals surface area contributed by atoms with Crippen molar-refractivity contribution in [1.82, 2.24) is 24.7 Å². The zero-order chi connectivity index (χ0) is 18.3. The fraction of sp³-hybridized carbons (Fsp3) is 0.474. The molecule has 1 saturated heterocycles. The highest BCUT2D eigenvalue weighted by atomic mass is 16.5. The molecular formula is C19H23N5O2. The Kier molecular flexibility index (Phi) is 4.22. The number of hydrogen-bond donors (Lipinski definition) is 0. The molecule has 1 aliphatic heterocycles. The lowest BCUT2D eigenvalue weighted by Crippen LogP contribution is -2.39. The monoisotopic (exact) mass is 353 g/mol. The fourth-order valence-electron chi connectivity index (χ4n) is 3.74. The van der Waals surface area contributed by atoms with Crippen LogP contribution in [0.15, 0.2) is 22.9 Å². The maximum absolute atomic E-state index is 12.6. The molecule has 7 nitrogen and oxygen atoms in total. The lowest BCUT2D eigenvalue weighted by molar-refractivity contribution is -0.131. The number of nitrogens with zero attached hydrogens (tertiary/aromatic N) is 5. The molecule has 3 aromatic heterocycles. The van der Waals surface area contributed by atoms with Gasteiger partial charge in [-0.3, -0.25) is 4.79 Å². The first-order chi connectivity index (χ1) is 12.5. The second-order valence-electron chi connectivity index (χ2n) is 7.06. The normalized spacial score (nSPS) is 15.7. The quantitative estimate of drug-likeness (QED) is 0.723. The van der Waals surface area contributed by atoms with Gasteiger partial charge >= 0.3 is 0 Å². The van der Waals surface area contributed by atoms with Crippen LogP contribution in [0.5, 0.6) is 0 Å². The van der Waals surface area contributed by atoms with Crippen LogP contribution in [0.2, 0.25) is 0 Å². The molecule has 1 fully saturated rings. The molecule has 0 N–H and O–H groups in total. The van der Waals surface area contributed by atoms with Crippen LogP contribution in [0.3, 0.4) is 0 Å². The number of carbonyl (C=O) groups excluding carboxylic acids is 1. The fourth-order valence-corrected chi connectivity index (χ4v) is 3.74. The molecule has 7 heteroatoms. The highest BCUT2D eigenvalue weighted by Crippen LogP contribution is 2.28. The molecule has 0 bridgehead atoms. The summed E-state index contributed by atoms with van der Waals surface area (Å²) in [4.78, 5) is 19.3. The van der Waals surface area contributed by atoms with Crippen molar-refractivity contribution >= 4 is 11.6 Å². The van der Waals surface area contributed by atoms with Gasteiger partial charge in [0.25, 0.3) is 0 Å². The van der Waals surface area contributed by atoms with Gasteiger partial charge in [0.2, 0.25) is 5.91 Å². The summed E-state index contributed by atoms with van der Waals surface area (Å²) in [5.74, 6) is 1.27. The minimum atomic E-state index is 0.147. The molecule has 26 heavy (non-hydrogen) atoms. The van der Waals surface area contributed by atoms with Gasteiger partial charge in [-0.2, -0.15) is 5.10 Å². The number of rotatable bonds is 3. The number of hydrogen-bond acceptors (Lipinski definition) is 5. The largest absolute Gasteiger partial charge is 0.361 e. The van der Waals surface area contributed by atoms with Gasteiger partial charge < -0.3 is 9.42 Å². The predicted octanol–water partition coefficient (Wildman–Crippen LogP) is 2.59. The SMILES string of the molecule is Cc1noc(C)c1CC(=O)N1CCC(c2cc(C)n3nccc3n2)CC1. The Balaban J connectivity index is 1.42. The van der Waals surface area contributed by atoms with Crippen LogP contribution < -0.4 is 0 Å². The molecule has 0 saturated carbocycles. The molecular weight excluding hydrogens is 330 g/mol. The molecule has 0 radical (unpaired) electrons. The lowest BCUT2D eigenvalue weighted by atomic mass is 9.92. The van der Waals surface area contributed by atoms with E-state index in [1.165, 1.54) is 0 Å². The summed E-state index contributed by atoms with van der Waals surface area (Å²) in [7, 11) is 0. The summed E-state index contributed by atoms with van der Waals surface area (Å²) in [6, 6.07) is 4.05. The molecule has 0 atom stereocenters. The van der Waals surface area contributed by atoms with Crippen LogP contribution in [0.4, 0.5) is 0 Å². The van der Waals surface area contributed by atoms with E-state index in [4.69, 9.17) is 9.51 Å². The minimum Gasteiger partial charge on any atom is -0.361 e. The molecule has 3 aromatic rings. The maximum atomic E-state index is 12.6. The topological polar surface area (TPSA) is 76.5 Å². The zero-order valence-corrected chi connectivity index (χ0v) is 15.4. The summed E-state index contributed by atoms with van der Waals surface area (Å²) in [6.45, 7) is 7.31. The Bertz CT molecular complexity index is 931. The predicted molar refractivity (Wildman–Crippen MR) is 96.0 cm³/mol. The standard InChI is InChI=1S/C19H23N5O2/c1-12-10-17(21-18-4-7-20-24(12)18)15-5-8-23(9-6-15)19(25)11-16-13(2)22-26-14(16)3/h4,7,10,15H,5-6,8-9,11H2,1-3H3. The van der Waals surface area contributed by atoms with Gasteiger partial charge in [-0.05, 0) is 39.7 Å². The molecule has 4 rings (SSSR count). The van der Waals surface area contributed by atoms with Gasteiger partial charge in [0.1, 0.15) is 5.76 Å². The van der Waals surface area contributed by atoms with Crippen LogP contribution in [-0.2, 0) is 11.2 Å². The van der Waals surface area contributed by atoms with Gasteiger partial charge in [0, 0.05) is 42.0 Å².